The van der Waals surface area contributed by atoms with Crippen molar-refractivity contribution in [3.05, 3.63) is 0 Å². The second-order valence-electron chi connectivity index (χ2n) is 5.75. The number of carbonyl (C=O) groups excluding carboxylic acids is 2. The van der Waals surface area contributed by atoms with E-state index in [1.807, 2.05) is 20.8 Å². The van der Waals surface area contributed by atoms with Gasteiger partial charge in [-0.2, -0.15) is 0 Å². The second-order valence-corrected chi connectivity index (χ2v) is 5.75. The van der Waals surface area contributed by atoms with Crippen LogP contribution in [-0.2, 0) is 9.53 Å². The van der Waals surface area contributed by atoms with Crippen molar-refractivity contribution in [1.82, 2.24) is 9.80 Å². The Morgan fingerprint density at radius 1 is 1.29 bits per heavy atom. The van der Waals surface area contributed by atoms with Gasteiger partial charge < -0.3 is 4.74 Å². The highest BCUT2D eigenvalue weighted by atomic mass is 16.6. The molecule has 5 heteroatoms. The molecule has 3 aliphatic rings. The van der Waals surface area contributed by atoms with Gasteiger partial charge in [-0.05, 0) is 33.6 Å². The average molecular weight is 240 g/mol. The Morgan fingerprint density at radius 3 is 2.41 bits per heavy atom. The van der Waals surface area contributed by atoms with Crippen molar-refractivity contribution in [2.45, 2.75) is 45.3 Å². The maximum atomic E-state index is 12.0. The number of ether oxygens (including phenoxy) is 1. The SMILES string of the molecule is CC(C)(C)OC(=O)N1C(=O)CN2CCC1CC2. The van der Waals surface area contributed by atoms with Crippen LogP contribution in [0, 0.1) is 0 Å². The van der Waals surface area contributed by atoms with Gasteiger partial charge in [-0.25, -0.2) is 9.69 Å². The first-order chi connectivity index (χ1) is 7.87. The van der Waals surface area contributed by atoms with Gasteiger partial charge in [0, 0.05) is 19.1 Å². The van der Waals surface area contributed by atoms with Crippen molar-refractivity contribution < 1.29 is 14.3 Å². The standard InChI is InChI=1S/C12H20N2O3/c1-12(2,3)17-11(16)14-9-4-6-13(7-5-9)8-10(14)15/h9H,4-8H2,1-3H3. The van der Waals surface area contributed by atoms with Crippen molar-refractivity contribution in [3.63, 3.8) is 0 Å². The zero-order valence-electron chi connectivity index (χ0n) is 10.7. The van der Waals surface area contributed by atoms with Crippen molar-refractivity contribution in [2.24, 2.45) is 0 Å². The lowest BCUT2D eigenvalue weighted by atomic mass is 10.1. The summed E-state index contributed by atoms with van der Waals surface area (Å²) in [5.41, 5.74) is -0.554. The number of amides is 2. The molecule has 0 aliphatic carbocycles. The van der Waals surface area contributed by atoms with E-state index >= 15 is 0 Å². The second kappa shape index (κ2) is 4.29. The van der Waals surface area contributed by atoms with Crippen LogP contribution in [0.4, 0.5) is 4.79 Å². The summed E-state index contributed by atoms with van der Waals surface area (Å²) in [5.74, 6) is -0.126. The number of rotatable bonds is 0. The summed E-state index contributed by atoms with van der Waals surface area (Å²) in [6.07, 6.45) is 1.24. The number of carbonyl (C=O) groups is 2. The summed E-state index contributed by atoms with van der Waals surface area (Å²) in [6.45, 7) is 7.58. The van der Waals surface area contributed by atoms with Crippen molar-refractivity contribution >= 4 is 12.0 Å². The Kier molecular flexibility index (Phi) is 3.12. The fourth-order valence-electron chi connectivity index (χ4n) is 2.37. The predicted molar refractivity (Wildman–Crippen MR) is 62.5 cm³/mol. The lowest BCUT2D eigenvalue weighted by Crippen LogP contribution is -2.46. The molecule has 96 valence electrons. The van der Waals surface area contributed by atoms with Gasteiger partial charge in [0.1, 0.15) is 5.60 Å². The highest BCUT2D eigenvalue weighted by Crippen LogP contribution is 2.23. The normalized spacial score (nSPS) is 29.1. The topological polar surface area (TPSA) is 49.9 Å². The van der Waals surface area contributed by atoms with Gasteiger partial charge in [0.15, 0.2) is 0 Å². The minimum absolute atomic E-state index is 0.0242. The van der Waals surface area contributed by atoms with E-state index in [4.69, 9.17) is 4.74 Å². The van der Waals surface area contributed by atoms with E-state index in [0.717, 1.165) is 25.9 Å². The number of hydrogen-bond acceptors (Lipinski definition) is 4. The van der Waals surface area contributed by atoms with Crippen LogP contribution in [0.1, 0.15) is 33.6 Å². The summed E-state index contributed by atoms with van der Waals surface area (Å²) >= 11 is 0. The molecule has 5 nitrogen and oxygen atoms in total. The van der Waals surface area contributed by atoms with E-state index in [1.54, 1.807) is 0 Å². The summed E-state index contributed by atoms with van der Waals surface area (Å²) in [5, 5.41) is 0. The van der Waals surface area contributed by atoms with Crippen LogP contribution in [0.3, 0.4) is 0 Å². The molecule has 0 radical (unpaired) electrons. The Morgan fingerprint density at radius 2 is 1.88 bits per heavy atom. The summed E-state index contributed by atoms with van der Waals surface area (Å²) in [7, 11) is 0. The number of nitrogens with zero attached hydrogens (tertiary/aromatic N) is 2. The van der Waals surface area contributed by atoms with E-state index in [0.29, 0.717) is 6.54 Å². The van der Waals surface area contributed by atoms with Crippen LogP contribution in [0.25, 0.3) is 0 Å². The number of fused-ring (bicyclic) bond motifs is 4. The fraction of sp³-hybridized carbons (Fsp3) is 0.833. The Bertz CT molecular complexity index is 327. The molecule has 0 atom stereocenters. The van der Waals surface area contributed by atoms with Crippen LogP contribution in [0.15, 0.2) is 0 Å². The van der Waals surface area contributed by atoms with Gasteiger partial charge in [0.25, 0.3) is 0 Å². The molecular weight excluding hydrogens is 220 g/mol. The molecule has 3 rings (SSSR count). The lowest BCUT2D eigenvalue weighted by Gasteiger charge is -2.31. The molecule has 0 N–H and O–H groups in total. The van der Waals surface area contributed by atoms with Gasteiger partial charge in [-0.3, -0.25) is 9.69 Å². The maximum Gasteiger partial charge on any atom is 0.417 e. The van der Waals surface area contributed by atoms with Crippen molar-refractivity contribution in [1.29, 1.82) is 0 Å². The van der Waals surface area contributed by atoms with Crippen LogP contribution in [0.2, 0.25) is 0 Å². The minimum atomic E-state index is -0.554. The quantitative estimate of drug-likeness (QED) is 0.639. The highest BCUT2D eigenvalue weighted by molar-refractivity contribution is 5.94. The molecule has 17 heavy (non-hydrogen) atoms. The fourth-order valence-corrected chi connectivity index (χ4v) is 2.37. The monoisotopic (exact) mass is 240 g/mol. The van der Waals surface area contributed by atoms with Gasteiger partial charge in [-0.15, -0.1) is 0 Å². The number of piperidine rings is 1. The first-order valence-corrected chi connectivity index (χ1v) is 6.14. The maximum absolute atomic E-state index is 12.0. The first kappa shape index (κ1) is 12.4. The van der Waals surface area contributed by atoms with Crippen molar-refractivity contribution in [2.75, 3.05) is 19.6 Å². The molecule has 2 amide bonds. The van der Waals surface area contributed by atoms with Crippen LogP contribution in [0.5, 0.6) is 0 Å². The van der Waals surface area contributed by atoms with E-state index in [-0.39, 0.29) is 11.9 Å². The van der Waals surface area contributed by atoms with E-state index in [1.165, 1.54) is 4.90 Å². The third-order valence-corrected chi connectivity index (χ3v) is 3.14. The van der Waals surface area contributed by atoms with Crippen LogP contribution in [-0.4, -0.2) is 53.1 Å². The Labute approximate surface area is 102 Å². The molecule has 0 saturated carbocycles. The number of imide groups is 1. The highest BCUT2D eigenvalue weighted by Gasteiger charge is 2.39. The Hall–Kier alpha value is -1.10. The third kappa shape index (κ3) is 2.77. The molecule has 0 spiro atoms. The first-order valence-electron chi connectivity index (χ1n) is 6.14. The molecule has 0 aromatic rings. The molecule has 0 unspecified atom stereocenters. The molecule has 2 bridgehead atoms. The van der Waals surface area contributed by atoms with Gasteiger partial charge in [-0.1, -0.05) is 0 Å². The van der Waals surface area contributed by atoms with Gasteiger partial charge in [0.2, 0.25) is 5.91 Å². The molecule has 3 fully saturated rings. The molecule has 3 saturated heterocycles. The smallest absolute Gasteiger partial charge is 0.417 e. The Balaban J connectivity index is 2.12. The lowest BCUT2D eigenvalue weighted by molar-refractivity contribution is -0.130. The minimum Gasteiger partial charge on any atom is -0.443 e. The van der Waals surface area contributed by atoms with Crippen LogP contribution >= 0.6 is 0 Å². The zero-order chi connectivity index (χ0) is 12.6. The van der Waals surface area contributed by atoms with Crippen molar-refractivity contribution in [3.8, 4) is 0 Å². The zero-order valence-corrected chi connectivity index (χ0v) is 10.7. The third-order valence-electron chi connectivity index (χ3n) is 3.14. The summed E-state index contributed by atoms with van der Waals surface area (Å²) in [4.78, 5) is 27.4. The van der Waals surface area contributed by atoms with E-state index < -0.39 is 11.7 Å². The summed E-state index contributed by atoms with van der Waals surface area (Å²) < 4.78 is 5.30. The predicted octanol–water partition coefficient (Wildman–Crippen LogP) is 1.23. The average Bonchev–Trinajstić information content (AvgIpc) is 2.41. The molecular formula is C12H20N2O3. The number of hydrogen-bond donors (Lipinski definition) is 0. The van der Waals surface area contributed by atoms with Gasteiger partial charge in [0.05, 0.1) is 6.54 Å². The van der Waals surface area contributed by atoms with Crippen LogP contribution < -0.4 is 0 Å². The van der Waals surface area contributed by atoms with E-state index in [9.17, 15) is 9.59 Å². The largest absolute Gasteiger partial charge is 0.443 e. The molecule has 3 aliphatic heterocycles. The van der Waals surface area contributed by atoms with E-state index in [2.05, 4.69) is 4.90 Å². The summed E-state index contributed by atoms with van der Waals surface area (Å²) in [6, 6.07) is 0.0242. The van der Waals surface area contributed by atoms with Gasteiger partial charge >= 0.3 is 6.09 Å². The molecule has 0 aromatic heterocycles. The molecule has 3 heterocycles. The molecule has 0 aromatic carbocycles.